The summed E-state index contributed by atoms with van der Waals surface area (Å²) in [4.78, 5) is 14.0. The largest absolute Gasteiger partial charge is 0.340 e. The average Bonchev–Trinajstić information content (AvgIpc) is 2.43. The van der Waals surface area contributed by atoms with Crippen LogP contribution in [-0.4, -0.2) is 29.9 Å². The van der Waals surface area contributed by atoms with Crippen LogP contribution in [0.1, 0.15) is 31.7 Å². The molecule has 1 aliphatic heterocycles. The third kappa shape index (κ3) is 4.14. The Morgan fingerprint density at radius 1 is 1.33 bits per heavy atom. The number of amides is 1. The van der Waals surface area contributed by atoms with Crippen molar-refractivity contribution >= 4 is 18.3 Å². The van der Waals surface area contributed by atoms with E-state index in [1.165, 1.54) is 6.07 Å². The summed E-state index contributed by atoms with van der Waals surface area (Å²) in [6, 6.07) is 3.72. The summed E-state index contributed by atoms with van der Waals surface area (Å²) in [5.74, 6) is -1.77. The summed E-state index contributed by atoms with van der Waals surface area (Å²) in [6.07, 6.45) is 2.90. The molecule has 0 aromatic heterocycles. The number of hydrogen-bond acceptors (Lipinski definition) is 2. The van der Waals surface area contributed by atoms with Gasteiger partial charge in [0, 0.05) is 13.6 Å². The maximum absolute atomic E-state index is 13.2. The SMILES string of the molecule is CN(Cc1ccc(F)c(F)c1)C(=O)C1(C)CCCCN1.Cl. The van der Waals surface area contributed by atoms with Crippen molar-refractivity contribution in [3.8, 4) is 0 Å². The van der Waals surface area contributed by atoms with Crippen LogP contribution >= 0.6 is 12.4 Å². The zero-order valence-corrected chi connectivity index (χ0v) is 13.1. The number of nitrogens with one attached hydrogen (secondary N) is 1. The van der Waals surface area contributed by atoms with Crippen molar-refractivity contribution < 1.29 is 13.6 Å². The van der Waals surface area contributed by atoms with E-state index in [1.807, 2.05) is 6.92 Å². The standard InChI is InChI=1S/C15H20F2N2O.ClH/c1-15(7-3-4-8-18-15)14(20)19(2)10-11-5-6-12(16)13(17)9-11;/h5-6,9,18H,3-4,7-8,10H2,1-2H3;1H. The van der Waals surface area contributed by atoms with Crippen LogP contribution in [0.15, 0.2) is 18.2 Å². The molecule has 1 amide bonds. The van der Waals surface area contributed by atoms with Crippen molar-refractivity contribution in [3.63, 3.8) is 0 Å². The van der Waals surface area contributed by atoms with Gasteiger partial charge >= 0.3 is 0 Å². The summed E-state index contributed by atoms with van der Waals surface area (Å²) in [6.45, 7) is 3.00. The molecular formula is C15H21ClF2N2O. The lowest BCUT2D eigenvalue weighted by molar-refractivity contribution is -0.137. The maximum Gasteiger partial charge on any atom is 0.242 e. The van der Waals surface area contributed by atoms with Crippen molar-refractivity contribution in [2.75, 3.05) is 13.6 Å². The van der Waals surface area contributed by atoms with E-state index in [4.69, 9.17) is 0 Å². The summed E-state index contributed by atoms with van der Waals surface area (Å²) < 4.78 is 26.1. The Kier molecular flexibility index (Phi) is 6.10. The molecule has 1 atom stereocenters. The number of benzene rings is 1. The molecule has 0 spiro atoms. The van der Waals surface area contributed by atoms with Gasteiger partial charge in [0.15, 0.2) is 11.6 Å². The molecule has 0 radical (unpaired) electrons. The van der Waals surface area contributed by atoms with Gasteiger partial charge in [-0.05, 0) is 50.4 Å². The first-order chi connectivity index (χ1) is 9.42. The van der Waals surface area contributed by atoms with Crippen molar-refractivity contribution in [1.82, 2.24) is 10.2 Å². The second-order valence-electron chi connectivity index (χ2n) is 5.63. The van der Waals surface area contributed by atoms with Crippen molar-refractivity contribution in [3.05, 3.63) is 35.4 Å². The number of carbonyl (C=O) groups is 1. The molecule has 0 saturated carbocycles. The number of likely N-dealkylation sites (N-methyl/N-ethyl adjacent to an activating group) is 1. The molecule has 0 bridgehead atoms. The van der Waals surface area contributed by atoms with Gasteiger partial charge in [-0.3, -0.25) is 4.79 Å². The van der Waals surface area contributed by atoms with Crippen LogP contribution in [0.5, 0.6) is 0 Å². The zero-order chi connectivity index (χ0) is 14.8. The van der Waals surface area contributed by atoms with Crippen LogP contribution in [0.2, 0.25) is 0 Å². The van der Waals surface area contributed by atoms with E-state index in [-0.39, 0.29) is 24.9 Å². The smallest absolute Gasteiger partial charge is 0.242 e. The summed E-state index contributed by atoms with van der Waals surface area (Å²) in [5, 5.41) is 3.26. The molecule has 1 aromatic rings. The minimum Gasteiger partial charge on any atom is -0.340 e. The van der Waals surface area contributed by atoms with Crippen LogP contribution in [0.4, 0.5) is 8.78 Å². The Hall–Kier alpha value is -1.20. The normalized spacial score (nSPS) is 21.5. The Morgan fingerprint density at radius 2 is 2.05 bits per heavy atom. The number of hydrogen-bond donors (Lipinski definition) is 1. The topological polar surface area (TPSA) is 32.3 Å². The molecule has 1 aliphatic rings. The van der Waals surface area contributed by atoms with E-state index in [0.29, 0.717) is 5.56 Å². The minimum atomic E-state index is -0.884. The van der Waals surface area contributed by atoms with Crippen LogP contribution < -0.4 is 5.32 Å². The third-order valence-electron chi connectivity index (χ3n) is 3.84. The second kappa shape index (κ2) is 7.18. The molecule has 3 nitrogen and oxygen atoms in total. The fourth-order valence-electron chi connectivity index (χ4n) is 2.64. The van der Waals surface area contributed by atoms with E-state index in [2.05, 4.69) is 5.32 Å². The van der Waals surface area contributed by atoms with E-state index in [0.717, 1.165) is 37.9 Å². The molecule has 2 rings (SSSR count). The van der Waals surface area contributed by atoms with Gasteiger partial charge < -0.3 is 10.2 Å². The summed E-state index contributed by atoms with van der Waals surface area (Å²) >= 11 is 0. The molecule has 21 heavy (non-hydrogen) atoms. The molecular weight excluding hydrogens is 298 g/mol. The van der Waals surface area contributed by atoms with Crippen LogP contribution in [-0.2, 0) is 11.3 Å². The summed E-state index contributed by atoms with van der Waals surface area (Å²) in [7, 11) is 1.69. The number of rotatable bonds is 3. The van der Waals surface area contributed by atoms with Crippen LogP contribution in [0.25, 0.3) is 0 Å². The van der Waals surface area contributed by atoms with Gasteiger partial charge in [0.2, 0.25) is 5.91 Å². The molecule has 1 unspecified atom stereocenters. The van der Waals surface area contributed by atoms with Gasteiger partial charge in [0.25, 0.3) is 0 Å². The van der Waals surface area contributed by atoms with Gasteiger partial charge in [-0.15, -0.1) is 12.4 Å². The van der Waals surface area contributed by atoms with Crippen molar-refractivity contribution in [2.24, 2.45) is 0 Å². The quantitative estimate of drug-likeness (QED) is 0.929. The lowest BCUT2D eigenvalue weighted by Gasteiger charge is -2.36. The van der Waals surface area contributed by atoms with Gasteiger partial charge in [-0.25, -0.2) is 8.78 Å². The van der Waals surface area contributed by atoms with Crippen molar-refractivity contribution in [2.45, 2.75) is 38.3 Å². The van der Waals surface area contributed by atoms with Crippen molar-refractivity contribution in [1.29, 1.82) is 0 Å². The van der Waals surface area contributed by atoms with Gasteiger partial charge in [0.05, 0.1) is 5.54 Å². The maximum atomic E-state index is 13.2. The van der Waals surface area contributed by atoms with Crippen LogP contribution in [0, 0.1) is 11.6 Å². The third-order valence-corrected chi connectivity index (χ3v) is 3.84. The van der Waals surface area contributed by atoms with Gasteiger partial charge in [0.1, 0.15) is 0 Å². The fraction of sp³-hybridized carbons (Fsp3) is 0.533. The highest BCUT2D eigenvalue weighted by atomic mass is 35.5. The number of carbonyl (C=O) groups excluding carboxylic acids is 1. The Balaban J connectivity index is 0.00000220. The second-order valence-corrected chi connectivity index (χ2v) is 5.63. The number of piperidine rings is 1. The Bertz CT molecular complexity index is 504. The molecule has 1 heterocycles. The van der Waals surface area contributed by atoms with E-state index < -0.39 is 17.2 Å². The first-order valence-corrected chi connectivity index (χ1v) is 6.87. The molecule has 1 saturated heterocycles. The molecule has 0 aliphatic carbocycles. The van der Waals surface area contributed by atoms with E-state index >= 15 is 0 Å². The first kappa shape index (κ1) is 17.9. The highest BCUT2D eigenvalue weighted by molar-refractivity contribution is 5.86. The molecule has 6 heteroatoms. The zero-order valence-electron chi connectivity index (χ0n) is 12.3. The number of halogens is 3. The molecule has 1 N–H and O–H groups in total. The van der Waals surface area contributed by atoms with Gasteiger partial charge in [-0.2, -0.15) is 0 Å². The monoisotopic (exact) mass is 318 g/mol. The fourth-order valence-corrected chi connectivity index (χ4v) is 2.64. The lowest BCUT2D eigenvalue weighted by Crippen LogP contribution is -2.57. The van der Waals surface area contributed by atoms with E-state index in [1.54, 1.807) is 11.9 Å². The van der Waals surface area contributed by atoms with Crippen LogP contribution in [0.3, 0.4) is 0 Å². The molecule has 118 valence electrons. The summed E-state index contributed by atoms with van der Waals surface area (Å²) in [5.41, 5.74) is 0.0325. The first-order valence-electron chi connectivity index (χ1n) is 6.87. The van der Waals surface area contributed by atoms with Gasteiger partial charge in [-0.1, -0.05) is 6.07 Å². The molecule has 1 aromatic carbocycles. The highest BCUT2D eigenvalue weighted by Crippen LogP contribution is 2.22. The molecule has 1 fully saturated rings. The lowest BCUT2D eigenvalue weighted by atomic mass is 9.89. The Morgan fingerprint density at radius 3 is 2.62 bits per heavy atom. The van der Waals surface area contributed by atoms with E-state index in [9.17, 15) is 13.6 Å². The predicted octanol–water partition coefficient (Wildman–Crippen LogP) is 2.88. The Labute approximate surface area is 130 Å². The predicted molar refractivity (Wildman–Crippen MR) is 80.3 cm³/mol. The average molecular weight is 319 g/mol. The minimum absolute atomic E-state index is 0. The highest BCUT2D eigenvalue weighted by Gasteiger charge is 2.36. The number of nitrogens with zero attached hydrogens (tertiary/aromatic N) is 1.